The molecule has 1 heterocycles. The molecule has 0 fully saturated rings. The van der Waals surface area contributed by atoms with Gasteiger partial charge in [0.15, 0.2) is 0 Å². The van der Waals surface area contributed by atoms with Gasteiger partial charge < -0.3 is 16.0 Å². The lowest BCUT2D eigenvalue weighted by atomic mass is 9.98. The van der Waals surface area contributed by atoms with E-state index in [1.54, 1.807) is 0 Å². The molecule has 1 atom stereocenters. The van der Waals surface area contributed by atoms with Crippen molar-refractivity contribution in [2.75, 3.05) is 18.5 Å². The molecule has 0 spiro atoms. The van der Waals surface area contributed by atoms with Crippen molar-refractivity contribution in [1.29, 1.82) is 0 Å². The molecule has 4 nitrogen and oxygen atoms in total. The lowest BCUT2D eigenvalue weighted by molar-refractivity contribution is -0.118. The highest BCUT2D eigenvalue weighted by Gasteiger charge is 2.24. The maximum Gasteiger partial charge on any atom is 0.227 e. The van der Waals surface area contributed by atoms with Crippen LogP contribution in [0.5, 0.6) is 0 Å². The lowest BCUT2D eigenvalue weighted by Gasteiger charge is -2.31. The van der Waals surface area contributed by atoms with Crippen LogP contribution >= 0.6 is 0 Å². The van der Waals surface area contributed by atoms with E-state index in [2.05, 4.69) is 17.4 Å². The van der Waals surface area contributed by atoms with Gasteiger partial charge in [-0.2, -0.15) is 0 Å². The van der Waals surface area contributed by atoms with Crippen molar-refractivity contribution >= 4 is 11.6 Å². The predicted octanol–water partition coefficient (Wildman–Crippen LogP) is 1.03. The summed E-state index contributed by atoms with van der Waals surface area (Å²) in [6.07, 6.45) is 1.42. The molecule has 1 unspecified atom stereocenters. The third-order valence-corrected chi connectivity index (χ3v) is 3.20. The summed E-state index contributed by atoms with van der Waals surface area (Å²) in [6.45, 7) is 3.38. The van der Waals surface area contributed by atoms with Gasteiger partial charge in [-0.15, -0.1) is 0 Å². The van der Waals surface area contributed by atoms with E-state index in [4.69, 9.17) is 5.73 Å². The lowest BCUT2D eigenvalue weighted by Crippen LogP contribution is -2.42. The Labute approximate surface area is 108 Å². The maximum atomic E-state index is 12.0. The summed E-state index contributed by atoms with van der Waals surface area (Å²) < 4.78 is 0. The molecule has 18 heavy (non-hydrogen) atoms. The average Bonchev–Trinajstić information content (AvgIpc) is 2.33. The second kappa shape index (κ2) is 5.50. The number of nitrogens with zero attached hydrogens (tertiary/aromatic N) is 1. The summed E-state index contributed by atoms with van der Waals surface area (Å²) in [5, 5.41) is 3.14. The maximum absolute atomic E-state index is 12.0. The smallest absolute Gasteiger partial charge is 0.227 e. The number of hydrogen-bond acceptors (Lipinski definition) is 3. The second-order valence-corrected chi connectivity index (χ2v) is 4.98. The molecule has 1 aromatic rings. The van der Waals surface area contributed by atoms with Gasteiger partial charge in [-0.1, -0.05) is 12.1 Å². The molecule has 1 amide bonds. The quantitative estimate of drug-likeness (QED) is 0.835. The number of hydrogen-bond donors (Lipinski definition) is 2. The molecular weight excluding hydrogens is 226 g/mol. The SMILES string of the molecule is CNCc1ccc2c(c1)CCC(=O)N2CC(C)N. The van der Waals surface area contributed by atoms with Crippen LogP contribution in [0.4, 0.5) is 5.69 Å². The van der Waals surface area contributed by atoms with Crippen LogP contribution in [0.2, 0.25) is 0 Å². The number of anilines is 1. The van der Waals surface area contributed by atoms with E-state index >= 15 is 0 Å². The molecule has 3 N–H and O–H groups in total. The summed E-state index contributed by atoms with van der Waals surface area (Å²) in [5.74, 6) is 0.182. The zero-order chi connectivity index (χ0) is 13.1. The predicted molar refractivity (Wildman–Crippen MR) is 73.5 cm³/mol. The highest BCUT2D eigenvalue weighted by Crippen LogP contribution is 2.28. The molecule has 0 saturated carbocycles. The van der Waals surface area contributed by atoms with E-state index < -0.39 is 0 Å². The van der Waals surface area contributed by atoms with Crippen LogP contribution in [0.25, 0.3) is 0 Å². The second-order valence-electron chi connectivity index (χ2n) is 4.98. The summed E-state index contributed by atoms with van der Waals surface area (Å²) >= 11 is 0. The van der Waals surface area contributed by atoms with Crippen LogP contribution in [0.1, 0.15) is 24.5 Å². The number of carbonyl (C=O) groups is 1. The van der Waals surface area contributed by atoms with E-state index in [1.165, 1.54) is 11.1 Å². The summed E-state index contributed by atoms with van der Waals surface area (Å²) in [6, 6.07) is 6.30. The Morgan fingerprint density at radius 2 is 2.22 bits per heavy atom. The topological polar surface area (TPSA) is 58.4 Å². The minimum atomic E-state index is -0.00288. The Bertz CT molecular complexity index is 443. The van der Waals surface area contributed by atoms with Gasteiger partial charge in [-0.3, -0.25) is 4.79 Å². The van der Waals surface area contributed by atoms with E-state index in [-0.39, 0.29) is 11.9 Å². The molecule has 0 saturated heterocycles. The van der Waals surface area contributed by atoms with Gasteiger partial charge in [0.1, 0.15) is 0 Å². The van der Waals surface area contributed by atoms with E-state index in [9.17, 15) is 4.79 Å². The summed E-state index contributed by atoms with van der Waals surface area (Å²) in [5.41, 5.74) is 9.36. The van der Waals surface area contributed by atoms with Crippen LogP contribution in [-0.2, 0) is 17.8 Å². The number of nitrogens with one attached hydrogen (secondary N) is 1. The molecule has 98 valence electrons. The Kier molecular flexibility index (Phi) is 3.99. The molecule has 1 aromatic carbocycles. The molecule has 0 radical (unpaired) electrons. The van der Waals surface area contributed by atoms with Gasteiger partial charge >= 0.3 is 0 Å². The van der Waals surface area contributed by atoms with Crippen LogP contribution in [0.3, 0.4) is 0 Å². The molecule has 0 bridgehead atoms. The van der Waals surface area contributed by atoms with Gasteiger partial charge in [0, 0.05) is 31.2 Å². The Morgan fingerprint density at radius 1 is 1.44 bits per heavy atom. The minimum absolute atomic E-state index is 0.00288. The van der Waals surface area contributed by atoms with Gasteiger partial charge in [0.2, 0.25) is 5.91 Å². The normalized spacial score (nSPS) is 16.6. The highest BCUT2D eigenvalue weighted by atomic mass is 16.2. The number of nitrogens with two attached hydrogens (primary N) is 1. The molecule has 1 aliphatic heterocycles. The summed E-state index contributed by atoms with van der Waals surface area (Å²) in [7, 11) is 1.94. The fourth-order valence-electron chi connectivity index (χ4n) is 2.42. The number of fused-ring (bicyclic) bond motifs is 1. The molecule has 0 aromatic heterocycles. The minimum Gasteiger partial charge on any atom is -0.326 e. The third kappa shape index (κ3) is 2.71. The van der Waals surface area contributed by atoms with E-state index in [0.29, 0.717) is 13.0 Å². The van der Waals surface area contributed by atoms with Crippen molar-refractivity contribution < 1.29 is 4.79 Å². The standard InChI is InChI=1S/C14H21N3O/c1-10(15)9-17-13-5-3-11(8-16-2)7-12(13)4-6-14(17)18/h3,5,7,10,16H,4,6,8-9,15H2,1-2H3. The first-order valence-electron chi connectivity index (χ1n) is 6.44. The van der Waals surface area contributed by atoms with Crippen LogP contribution in [0.15, 0.2) is 18.2 Å². The first kappa shape index (κ1) is 13.1. The van der Waals surface area contributed by atoms with Crippen LogP contribution < -0.4 is 16.0 Å². The number of aryl methyl sites for hydroxylation is 1. The van der Waals surface area contributed by atoms with Crippen molar-refractivity contribution in [2.45, 2.75) is 32.4 Å². The fraction of sp³-hybridized carbons (Fsp3) is 0.500. The summed E-state index contributed by atoms with van der Waals surface area (Å²) in [4.78, 5) is 13.8. The molecule has 1 aliphatic rings. The van der Waals surface area contributed by atoms with Gasteiger partial charge in [-0.25, -0.2) is 0 Å². The first-order chi connectivity index (χ1) is 8.61. The molecule has 4 heteroatoms. The van der Waals surface area contributed by atoms with E-state index in [0.717, 1.165) is 18.7 Å². The molecule has 0 aliphatic carbocycles. The first-order valence-corrected chi connectivity index (χ1v) is 6.44. The number of rotatable bonds is 4. The van der Waals surface area contributed by atoms with Crippen molar-refractivity contribution in [3.8, 4) is 0 Å². The van der Waals surface area contributed by atoms with Crippen molar-refractivity contribution in [3.63, 3.8) is 0 Å². The van der Waals surface area contributed by atoms with Crippen molar-refractivity contribution in [1.82, 2.24) is 5.32 Å². The van der Waals surface area contributed by atoms with Crippen LogP contribution in [0, 0.1) is 0 Å². The number of carbonyl (C=O) groups excluding carboxylic acids is 1. The Balaban J connectivity index is 2.29. The molecular formula is C14H21N3O. The van der Waals surface area contributed by atoms with Gasteiger partial charge in [-0.05, 0) is 37.6 Å². The average molecular weight is 247 g/mol. The van der Waals surface area contributed by atoms with Gasteiger partial charge in [0.25, 0.3) is 0 Å². The van der Waals surface area contributed by atoms with Crippen molar-refractivity contribution in [2.24, 2.45) is 5.73 Å². The number of benzene rings is 1. The zero-order valence-corrected chi connectivity index (χ0v) is 11.1. The Hall–Kier alpha value is -1.39. The van der Waals surface area contributed by atoms with Crippen LogP contribution in [-0.4, -0.2) is 25.5 Å². The third-order valence-electron chi connectivity index (χ3n) is 3.20. The van der Waals surface area contributed by atoms with Crippen molar-refractivity contribution in [3.05, 3.63) is 29.3 Å². The zero-order valence-electron chi connectivity index (χ0n) is 11.1. The van der Waals surface area contributed by atoms with E-state index in [1.807, 2.05) is 24.9 Å². The highest BCUT2D eigenvalue weighted by molar-refractivity contribution is 5.96. The molecule has 2 rings (SSSR count). The number of amides is 1. The fourth-order valence-corrected chi connectivity index (χ4v) is 2.42. The van der Waals surface area contributed by atoms with Gasteiger partial charge in [0.05, 0.1) is 0 Å². The Morgan fingerprint density at radius 3 is 2.89 bits per heavy atom. The largest absolute Gasteiger partial charge is 0.326 e. The monoisotopic (exact) mass is 247 g/mol.